The molecule has 0 amide bonds. The Labute approximate surface area is 399 Å². The standard InChI is InChI=1S/C58H112O6/c1-5-7-9-11-13-15-17-19-21-22-23-24-26-27-29-33-37-41-45-49-56(59)62-52-55(53-63-57(60)50-46-42-38-35-31-32-36-40-44-48-54(3)4)64-58(61)51-47-43-39-34-30-28-25-20-18-16-14-12-10-8-6-2/h54-55H,5-53H2,1-4H3/t55-/m1/s1. The quantitative estimate of drug-likeness (QED) is 0.0344. The van der Waals surface area contributed by atoms with Crippen LogP contribution < -0.4 is 0 Å². The minimum Gasteiger partial charge on any atom is -0.462 e. The Morgan fingerprint density at radius 3 is 0.766 bits per heavy atom. The lowest BCUT2D eigenvalue weighted by Gasteiger charge is -2.18. The summed E-state index contributed by atoms with van der Waals surface area (Å²) in [5.41, 5.74) is 0. The molecule has 64 heavy (non-hydrogen) atoms. The van der Waals surface area contributed by atoms with Crippen LogP contribution in [0.3, 0.4) is 0 Å². The Hall–Kier alpha value is -1.59. The molecule has 6 nitrogen and oxygen atoms in total. The summed E-state index contributed by atoms with van der Waals surface area (Å²) in [6.07, 6.45) is 56.7. The van der Waals surface area contributed by atoms with Crippen molar-refractivity contribution in [3.05, 3.63) is 0 Å². The zero-order chi connectivity index (χ0) is 46.7. The molecule has 0 spiro atoms. The van der Waals surface area contributed by atoms with Gasteiger partial charge < -0.3 is 14.2 Å². The summed E-state index contributed by atoms with van der Waals surface area (Å²) in [6, 6.07) is 0. The highest BCUT2D eigenvalue weighted by molar-refractivity contribution is 5.71. The first kappa shape index (κ1) is 62.4. The number of ether oxygens (including phenoxy) is 3. The van der Waals surface area contributed by atoms with Crippen molar-refractivity contribution in [2.24, 2.45) is 5.92 Å². The summed E-state index contributed by atoms with van der Waals surface area (Å²) in [6.45, 7) is 9.03. The molecule has 0 unspecified atom stereocenters. The van der Waals surface area contributed by atoms with Gasteiger partial charge in [-0.3, -0.25) is 14.4 Å². The van der Waals surface area contributed by atoms with Crippen LogP contribution in [0.25, 0.3) is 0 Å². The highest BCUT2D eigenvalue weighted by Gasteiger charge is 2.19. The molecular weight excluding hydrogens is 793 g/mol. The summed E-state index contributed by atoms with van der Waals surface area (Å²) in [5.74, 6) is -0.0291. The first-order chi connectivity index (χ1) is 31.4. The lowest BCUT2D eigenvalue weighted by atomic mass is 10.0. The van der Waals surface area contributed by atoms with E-state index in [1.807, 2.05) is 0 Å². The van der Waals surface area contributed by atoms with Gasteiger partial charge in [-0.05, 0) is 25.2 Å². The molecule has 380 valence electrons. The smallest absolute Gasteiger partial charge is 0.306 e. The second kappa shape index (κ2) is 52.4. The minimum absolute atomic E-state index is 0.0622. The van der Waals surface area contributed by atoms with Gasteiger partial charge in [-0.1, -0.05) is 291 Å². The molecule has 0 aromatic heterocycles. The molecule has 0 aromatic carbocycles. The maximum Gasteiger partial charge on any atom is 0.306 e. The van der Waals surface area contributed by atoms with Gasteiger partial charge in [-0.25, -0.2) is 0 Å². The molecule has 0 aliphatic carbocycles. The monoisotopic (exact) mass is 905 g/mol. The van der Waals surface area contributed by atoms with E-state index in [2.05, 4.69) is 27.7 Å². The van der Waals surface area contributed by atoms with Crippen molar-refractivity contribution < 1.29 is 28.6 Å². The highest BCUT2D eigenvalue weighted by Crippen LogP contribution is 2.18. The van der Waals surface area contributed by atoms with Crippen LogP contribution in [0.1, 0.15) is 329 Å². The maximum absolute atomic E-state index is 12.8. The molecule has 0 radical (unpaired) electrons. The molecule has 0 aliphatic heterocycles. The predicted octanol–water partition coefficient (Wildman–Crippen LogP) is 19.0. The Balaban J connectivity index is 4.26. The number of carbonyl (C=O) groups is 3. The van der Waals surface area contributed by atoms with Gasteiger partial charge in [0.15, 0.2) is 6.10 Å². The van der Waals surface area contributed by atoms with E-state index in [1.165, 1.54) is 225 Å². The second-order valence-corrected chi connectivity index (χ2v) is 20.4. The van der Waals surface area contributed by atoms with E-state index in [-0.39, 0.29) is 31.1 Å². The van der Waals surface area contributed by atoms with E-state index in [0.717, 1.165) is 63.7 Å². The molecule has 0 aromatic rings. The molecule has 6 heteroatoms. The van der Waals surface area contributed by atoms with Gasteiger partial charge in [0, 0.05) is 19.3 Å². The number of hydrogen-bond donors (Lipinski definition) is 0. The van der Waals surface area contributed by atoms with Crippen LogP contribution in [0.4, 0.5) is 0 Å². The molecule has 0 bridgehead atoms. The molecule has 0 aliphatic rings. The third-order valence-corrected chi connectivity index (χ3v) is 13.3. The highest BCUT2D eigenvalue weighted by atomic mass is 16.6. The zero-order valence-corrected chi connectivity index (χ0v) is 43.8. The Kier molecular flexibility index (Phi) is 51.1. The fraction of sp³-hybridized carbons (Fsp3) is 0.948. The first-order valence-corrected chi connectivity index (χ1v) is 28.9. The number of hydrogen-bond acceptors (Lipinski definition) is 6. The predicted molar refractivity (Wildman–Crippen MR) is 275 cm³/mol. The Bertz CT molecular complexity index is 964. The van der Waals surface area contributed by atoms with Crippen LogP contribution in [-0.2, 0) is 28.6 Å². The summed E-state index contributed by atoms with van der Waals surface area (Å²) < 4.78 is 16.9. The largest absolute Gasteiger partial charge is 0.462 e. The second-order valence-electron chi connectivity index (χ2n) is 20.4. The zero-order valence-electron chi connectivity index (χ0n) is 43.8. The first-order valence-electron chi connectivity index (χ1n) is 28.9. The van der Waals surface area contributed by atoms with Crippen LogP contribution in [0.5, 0.6) is 0 Å². The van der Waals surface area contributed by atoms with Gasteiger partial charge in [-0.15, -0.1) is 0 Å². The van der Waals surface area contributed by atoms with Crippen LogP contribution >= 0.6 is 0 Å². The van der Waals surface area contributed by atoms with Gasteiger partial charge >= 0.3 is 17.9 Å². The van der Waals surface area contributed by atoms with E-state index in [0.29, 0.717) is 19.3 Å². The summed E-state index contributed by atoms with van der Waals surface area (Å²) in [7, 11) is 0. The fourth-order valence-corrected chi connectivity index (χ4v) is 8.92. The van der Waals surface area contributed by atoms with Gasteiger partial charge in [0.1, 0.15) is 13.2 Å². The van der Waals surface area contributed by atoms with Crippen LogP contribution in [-0.4, -0.2) is 37.2 Å². The maximum atomic E-state index is 12.8. The van der Waals surface area contributed by atoms with E-state index in [4.69, 9.17) is 14.2 Å². The molecule has 0 rings (SSSR count). The molecule has 0 saturated heterocycles. The van der Waals surface area contributed by atoms with Gasteiger partial charge in [0.2, 0.25) is 0 Å². The SMILES string of the molecule is CCCCCCCCCCCCCCCCCCCCCC(=O)OC[C@H](COC(=O)CCCCCCCCCCCC(C)C)OC(=O)CCCCCCCCCCCCCCCCC. The van der Waals surface area contributed by atoms with E-state index >= 15 is 0 Å². The molecule has 0 fully saturated rings. The van der Waals surface area contributed by atoms with Crippen molar-refractivity contribution in [2.75, 3.05) is 13.2 Å². The van der Waals surface area contributed by atoms with Crippen LogP contribution in [0.2, 0.25) is 0 Å². The summed E-state index contributed by atoms with van der Waals surface area (Å²) >= 11 is 0. The van der Waals surface area contributed by atoms with Gasteiger partial charge in [-0.2, -0.15) is 0 Å². The van der Waals surface area contributed by atoms with Crippen molar-refractivity contribution in [2.45, 2.75) is 336 Å². The summed E-state index contributed by atoms with van der Waals surface area (Å²) in [4.78, 5) is 38.1. The van der Waals surface area contributed by atoms with E-state index < -0.39 is 6.10 Å². The number of unbranched alkanes of at least 4 members (excludes halogenated alkanes) is 40. The Morgan fingerprint density at radius 2 is 0.516 bits per heavy atom. The number of rotatable bonds is 53. The average Bonchev–Trinajstić information content (AvgIpc) is 3.28. The van der Waals surface area contributed by atoms with Crippen molar-refractivity contribution in [3.63, 3.8) is 0 Å². The van der Waals surface area contributed by atoms with Crippen molar-refractivity contribution in [1.29, 1.82) is 0 Å². The van der Waals surface area contributed by atoms with Crippen LogP contribution in [0.15, 0.2) is 0 Å². The third-order valence-electron chi connectivity index (χ3n) is 13.3. The Morgan fingerprint density at radius 1 is 0.297 bits per heavy atom. The van der Waals surface area contributed by atoms with E-state index in [1.54, 1.807) is 0 Å². The topological polar surface area (TPSA) is 78.9 Å². The van der Waals surface area contributed by atoms with Crippen molar-refractivity contribution in [1.82, 2.24) is 0 Å². The number of carbonyl (C=O) groups excluding carboxylic acids is 3. The van der Waals surface area contributed by atoms with Crippen molar-refractivity contribution in [3.8, 4) is 0 Å². The van der Waals surface area contributed by atoms with E-state index in [9.17, 15) is 14.4 Å². The third kappa shape index (κ3) is 51.4. The number of esters is 3. The van der Waals surface area contributed by atoms with Crippen LogP contribution in [0, 0.1) is 5.92 Å². The molecule has 0 heterocycles. The average molecular weight is 906 g/mol. The molecule has 0 N–H and O–H groups in total. The minimum atomic E-state index is -0.762. The molecule has 0 saturated carbocycles. The van der Waals surface area contributed by atoms with Crippen molar-refractivity contribution >= 4 is 17.9 Å². The molecule has 1 atom stereocenters. The fourth-order valence-electron chi connectivity index (χ4n) is 8.92. The summed E-state index contributed by atoms with van der Waals surface area (Å²) in [5, 5.41) is 0. The molecular formula is C58H112O6. The van der Waals surface area contributed by atoms with Gasteiger partial charge in [0.25, 0.3) is 0 Å². The van der Waals surface area contributed by atoms with Gasteiger partial charge in [0.05, 0.1) is 0 Å². The lowest BCUT2D eigenvalue weighted by Crippen LogP contribution is -2.30. The lowest BCUT2D eigenvalue weighted by molar-refractivity contribution is -0.167. The normalized spacial score (nSPS) is 12.0.